The highest BCUT2D eigenvalue weighted by Gasteiger charge is 2.30. The van der Waals surface area contributed by atoms with Gasteiger partial charge in [0, 0.05) is 0 Å². The van der Waals surface area contributed by atoms with Crippen LogP contribution in [0.2, 0.25) is 0 Å². The van der Waals surface area contributed by atoms with Crippen molar-refractivity contribution in [3.63, 3.8) is 0 Å². The minimum atomic E-state index is -0.227. The van der Waals surface area contributed by atoms with Crippen LogP contribution in [0.5, 0.6) is 0 Å². The van der Waals surface area contributed by atoms with Crippen LogP contribution >= 0.6 is 0 Å². The van der Waals surface area contributed by atoms with Gasteiger partial charge in [-0.2, -0.15) is 5.26 Å². The van der Waals surface area contributed by atoms with Crippen LogP contribution in [0.1, 0.15) is 19.8 Å². The average molecular weight is 125 g/mol. The van der Waals surface area contributed by atoms with Gasteiger partial charge in [0.25, 0.3) is 0 Å². The number of hydrogen-bond donors (Lipinski definition) is 1. The first-order valence-corrected chi connectivity index (χ1v) is 3.33. The van der Waals surface area contributed by atoms with E-state index in [4.69, 9.17) is 10.4 Å². The van der Waals surface area contributed by atoms with Crippen molar-refractivity contribution >= 4 is 0 Å². The van der Waals surface area contributed by atoms with Crippen molar-refractivity contribution < 1.29 is 5.11 Å². The summed E-state index contributed by atoms with van der Waals surface area (Å²) >= 11 is 0. The maximum atomic E-state index is 9.15. The molecule has 3 unspecified atom stereocenters. The van der Waals surface area contributed by atoms with Crippen LogP contribution in [0.3, 0.4) is 0 Å². The minimum Gasteiger partial charge on any atom is -0.393 e. The van der Waals surface area contributed by atoms with Gasteiger partial charge in [-0.25, -0.2) is 0 Å². The van der Waals surface area contributed by atoms with Crippen LogP contribution in [0.15, 0.2) is 0 Å². The van der Waals surface area contributed by atoms with E-state index in [2.05, 4.69) is 6.07 Å². The van der Waals surface area contributed by atoms with E-state index in [1.54, 1.807) is 0 Å². The van der Waals surface area contributed by atoms with Crippen LogP contribution in [0.4, 0.5) is 0 Å². The Balaban J connectivity index is 2.54. The van der Waals surface area contributed by atoms with E-state index >= 15 is 0 Å². The summed E-state index contributed by atoms with van der Waals surface area (Å²) in [6, 6.07) is 2.18. The lowest BCUT2D eigenvalue weighted by Crippen LogP contribution is -2.13. The summed E-state index contributed by atoms with van der Waals surface area (Å²) in [6.07, 6.45) is 1.45. The molecule has 9 heavy (non-hydrogen) atoms. The fourth-order valence-corrected chi connectivity index (χ4v) is 1.33. The Labute approximate surface area is 55.1 Å². The van der Waals surface area contributed by atoms with Crippen molar-refractivity contribution in [3.8, 4) is 6.07 Å². The van der Waals surface area contributed by atoms with Crippen molar-refractivity contribution in [1.29, 1.82) is 5.26 Å². The monoisotopic (exact) mass is 125 g/mol. The van der Waals surface area contributed by atoms with Crippen molar-refractivity contribution in [2.24, 2.45) is 11.8 Å². The number of hydrogen-bond acceptors (Lipinski definition) is 2. The van der Waals surface area contributed by atoms with Gasteiger partial charge in [-0.3, -0.25) is 0 Å². The van der Waals surface area contributed by atoms with Crippen LogP contribution in [-0.2, 0) is 0 Å². The second-order valence-corrected chi connectivity index (χ2v) is 2.74. The Morgan fingerprint density at radius 3 is 2.44 bits per heavy atom. The molecule has 1 aliphatic carbocycles. The molecular formula is C7H11NO. The predicted octanol–water partition coefficient (Wildman–Crippen LogP) is 0.917. The van der Waals surface area contributed by atoms with Crippen molar-refractivity contribution in [2.75, 3.05) is 0 Å². The lowest BCUT2D eigenvalue weighted by Gasteiger charge is -2.08. The standard InChI is InChI=1S/C7H11NO/c1-5-6(4-8)2-3-7(5)9/h5-7,9H,2-3H2,1H3. The molecular weight excluding hydrogens is 114 g/mol. The first-order chi connectivity index (χ1) is 4.25. The van der Waals surface area contributed by atoms with E-state index in [0.29, 0.717) is 0 Å². The van der Waals surface area contributed by atoms with Crippen molar-refractivity contribution in [1.82, 2.24) is 0 Å². The van der Waals surface area contributed by atoms with Gasteiger partial charge in [-0.05, 0) is 18.8 Å². The third-order valence-electron chi connectivity index (χ3n) is 2.18. The molecule has 0 aromatic heterocycles. The van der Waals surface area contributed by atoms with Gasteiger partial charge in [0.05, 0.1) is 18.1 Å². The Kier molecular flexibility index (Phi) is 1.73. The molecule has 0 radical (unpaired) electrons. The van der Waals surface area contributed by atoms with Gasteiger partial charge >= 0.3 is 0 Å². The molecule has 2 heteroatoms. The van der Waals surface area contributed by atoms with Gasteiger partial charge in [-0.15, -0.1) is 0 Å². The zero-order chi connectivity index (χ0) is 6.85. The maximum absolute atomic E-state index is 9.15. The zero-order valence-electron chi connectivity index (χ0n) is 5.54. The number of aliphatic hydroxyl groups is 1. The van der Waals surface area contributed by atoms with Crippen LogP contribution in [0.25, 0.3) is 0 Å². The number of nitrogens with zero attached hydrogens (tertiary/aromatic N) is 1. The van der Waals surface area contributed by atoms with E-state index in [0.717, 1.165) is 12.8 Å². The van der Waals surface area contributed by atoms with E-state index in [-0.39, 0.29) is 17.9 Å². The highest BCUT2D eigenvalue weighted by Crippen LogP contribution is 2.30. The Morgan fingerprint density at radius 1 is 1.56 bits per heavy atom. The molecule has 0 aromatic rings. The summed E-state index contributed by atoms with van der Waals surface area (Å²) in [5, 5.41) is 17.6. The van der Waals surface area contributed by atoms with Crippen molar-refractivity contribution in [3.05, 3.63) is 0 Å². The Morgan fingerprint density at radius 2 is 2.22 bits per heavy atom. The average Bonchev–Trinajstić information content (AvgIpc) is 2.15. The van der Waals surface area contributed by atoms with E-state index in [1.807, 2.05) is 6.92 Å². The number of nitriles is 1. The summed E-state index contributed by atoms with van der Waals surface area (Å²) in [4.78, 5) is 0. The SMILES string of the molecule is CC1C(O)CCC1C#N. The second-order valence-electron chi connectivity index (χ2n) is 2.74. The van der Waals surface area contributed by atoms with E-state index in [9.17, 15) is 0 Å². The first kappa shape index (κ1) is 6.57. The Bertz CT molecular complexity index is 138. The smallest absolute Gasteiger partial charge is 0.0659 e. The Hall–Kier alpha value is -0.550. The third-order valence-corrected chi connectivity index (χ3v) is 2.18. The molecule has 1 rings (SSSR count). The lowest BCUT2D eigenvalue weighted by molar-refractivity contribution is 0.134. The summed E-state index contributed by atoms with van der Waals surface area (Å²) in [7, 11) is 0. The lowest BCUT2D eigenvalue weighted by atomic mass is 9.99. The topological polar surface area (TPSA) is 44.0 Å². The van der Waals surface area contributed by atoms with Gasteiger partial charge < -0.3 is 5.11 Å². The summed E-state index contributed by atoms with van der Waals surface area (Å²) in [6.45, 7) is 1.94. The largest absolute Gasteiger partial charge is 0.393 e. The maximum Gasteiger partial charge on any atom is 0.0659 e. The molecule has 2 nitrogen and oxygen atoms in total. The minimum absolute atomic E-state index is 0.0972. The van der Waals surface area contributed by atoms with Crippen LogP contribution in [0, 0.1) is 23.2 Å². The fraction of sp³-hybridized carbons (Fsp3) is 0.857. The predicted molar refractivity (Wildman–Crippen MR) is 33.5 cm³/mol. The van der Waals surface area contributed by atoms with E-state index < -0.39 is 0 Å². The summed E-state index contributed by atoms with van der Waals surface area (Å²) < 4.78 is 0. The highest BCUT2D eigenvalue weighted by molar-refractivity contribution is 4.94. The molecule has 0 bridgehead atoms. The fourth-order valence-electron chi connectivity index (χ4n) is 1.33. The molecule has 0 amide bonds. The van der Waals surface area contributed by atoms with Crippen LogP contribution < -0.4 is 0 Å². The molecule has 0 heterocycles. The van der Waals surface area contributed by atoms with Gasteiger partial charge in [0.2, 0.25) is 0 Å². The molecule has 1 saturated carbocycles. The van der Waals surface area contributed by atoms with Gasteiger partial charge in [0.1, 0.15) is 0 Å². The molecule has 3 atom stereocenters. The molecule has 1 N–H and O–H groups in total. The number of aliphatic hydroxyl groups excluding tert-OH is 1. The molecule has 0 aromatic carbocycles. The van der Waals surface area contributed by atoms with Crippen molar-refractivity contribution in [2.45, 2.75) is 25.9 Å². The molecule has 50 valence electrons. The second kappa shape index (κ2) is 2.36. The third kappa shape index (κ3) is 1.06. The summed E-state index contributed by atoms with van der Waals surface area (Å²) in [5.41, 5.74) is 0. The molecule has 1 aliphatic rings. The van der Waals surface area contributed by atoms with Gasteiger partial charge in [0.15, 0.2) is 0 Å². The zero-order valence-corrected chi connectivity index (χ0v) is 5.54. The highest BCUT2D eigenvalue weighted by atomic mass is 16.3. The number of rotatable bonds is 0. The molecule has 0 saturated heterocycles. The molecule has 0 aliphatic heterocycles. The van der Waals surface area contributed by atoms with Crippen LogP contribution in [-0.4, -0.2) is 11.2 Å². The van der Waals surface area contributed by atoms with E-state index in [1.165, 1.54) is 0 Å². The quantitative estimate of drug-likeness (QED) is 0.523. The molecule has 0 spiro atoms. The first-order valence-electron chi connectivity index (χ1n) is 3.33. The molecule has 1 fully saturated rings. The van der Waals surface area contributed by atoms with Gasteiger partial charge in [-0.1, -0.05) is 6.92 Å². The summed E-state index contributed by atoms with van der Waals surface area (Å²) in [5.74, 6) is 0.287. The normalized spacial score (nSPS) is 42.6.